The minimum Gasteiger partial charge on any atom is -0.368 e. The van der Waals surface area contributed by atoms with Crippen LogP contribution in [-0.4, -0.2) is 43.0 Å². The largest absolute Gasteiger partial charge is 0.368 e. The van der Waals surface area contributed by atoms with Crippen LogP contribution in [0.2, 0.25) is 0 Å². The average Bonchev–Trinajstić information content (AvgIpc) is 2.53. The molecule has 1 aromatic carbocycles. The van der Waals surface area contributed by atoms with Gasteiger partial charge in [0, 0.05) is 19.3 Å². The van der Waals surface area contributed by atoms with Crippen molar-refractivity contribution >= 4 is 11.7 Å². The standard InChI is InChI=1S/C18H23FN4O/c1-13-8-9-20-16(12-13)21-10-11-22-18(24)17(23(2)3)14-4-6-15(19)7-5-14/h4-9,12,17H,10-11H2,1-3H3,(H,20,21)(H,22,24)/t17-/m1/s1. The molecule has 128 valence electrons. The topological polar surface area (TPSA) is 57.3 Å². The second-order valence-corrected chi connectivity index (χ2v) is 5.85. The van der Waals surface area contributed by atoms with Crippen molar-refractivity contribution in [2.75, 3.05) is 32.5 Å². The number of rotatable bonds is 7. The SMILES string of the molecule is Cc1ccnc(NCCNC(=O)[C@@H](c2ccc(F)cc2)N(C)C)c1. The average molecular weight is 330 g/mol. The Labute approximate surface area is 141 Å². The molecule has 1 amide bonds. The van der Waals surface area contributed by atoms with Crippen LogP contribution < -0.4 is 10.6 Å². The van der Waals surface area contributed by atoms with Crippen LogP contribution >= 0.6 is 0 Å². The zero-order valence-corrected chi connectivity index (χ0v) is 14.2. The smallest absolute Gasteiger partial charge is 0.242 e. The maximum Gasteiger partial charge on any atom is 0.242 e. The lowest BCUT2D eigenvalue weighted by molar-refractivity contribution is -0.125. The molecule has 1 atom stereocenters. The van der Waals surface area contributed by atoms with E-state index in [2.05, 4.69) is 15.6 Å². The van der Waals surface area contributed by atoms with Crippen molar-refractivity contribution in [1.29, 1.82) is 0 Å². The molecule has 0 fully saturated rings. The number of carbonyl (C=O) groups is 1. The molecule has 1 aromatic heterocycles. The summed E-state index contributed by atoms with van der Waals surface area (Å²) < 4.78 is 13.1. The third-order valence-electron chi connectivity index (χ3n) is 3.60. The second kappa shape index (κ2) is 8.40. The summed E-state index contributed by atoms with van der Waals surface area (Å²) in [6, 6.07) is 9.42. The first kappa shape index (κ1) is 17.9. The molecule has 5 nitrogen and oxygen atoms in total. The summed E-state index contributed by atoms with van der Waals surface area (Å²) in [5.41, 5.74) is 1.88. The van der Waals surface area contributed by atoms with E-state index in [1.165, 1.54) is 12.1 Å². The molecule has 0 saturated carbocycles. The highest BCUT2D eigenvalue weighted by atomic mass is 19.1. The van der Waals surface area contributed by atoms with Gasteiger partial charge in [-0.2, -0.15) is 0 Å². The number of hydrogen-bond acceptors (Lipinski definition) is 4. The van der Waals surface area contributed by atoms with E-state index < -0.39 is 6.04 Å². The van der Waals surface area contributed by atoms with Crippen molar-refractivity contribution in [3.05, 3.63) is 59.5 Å². The van der Waals surface area contributed by atoms with Crippen LogP contribution in [0, 0.1) is 12.7 Å². The Bertz CT molecular complexity index is 673. The number of nitrogens with zero attached hydrogens (tertiary/aromatic N) is 2. The van der Waals surface area contributed by atoms with Crippen molar-refractivity contribution < 1.29 is 9.18 Å². The first-order chi connectivity index (χ1) is 11.5. The van der Waals surface area contributed by atoms with Gasteiger partial charge in [-0.25, -0.2) is 9.37 Å². The predicted molar refractivity (Wildman–Crippen MR) is 93.3 cm³/mol. The maximum absolute atomic E-state index is 13.1. The summed E-state index contributed by atoms with van der Waals surface area (Å²) in [6.45, 7) is 3.05. The van der Waals surface area contributed by atoms with Gasteiger partial charge < -0.3 is 10.6 Å². The van der Waals surface area contributed by atoms with Gasteiger partial charge in [-0.1, -0.05) is 12.1 Å². The molecule has 2 N–H and O–H groups in total. The van der Waals surface area contributed by atoms with Gasteiger partial charge in [0.1, 0.15) is 17.7 Å². The maximum atomic E-state index is 13.1. The van der Waals surface area contributed by atoms with Crippen molar-refractivity contribution in [2.24, 2.45) is 0 Å². The zero-order chi connectivity index (χ0) is 17.5. The first-order valence-corrected chi connectivity index (χ1v) is 7.83. The van der Waals surface area contributed by atoms with E-state index in [9.17, 15) is 9.18 Å². The van der Waals surface area contributed by atoms with Crippen LogP contribution in [0.1, 0.15) is 17.2 Å². The number of pyridine rings is 1. The third kappa shape index (κ3) is 5.03. The highest BCUT2D eigenvalue weighted by molar-refractivity contribution is 5.83. The quantitative estimate of drug-likeness (QED) is 0.765. The number of aromatic nitrogens is 1. The van der Waals surface area contributed by atoms with E-state index in [0.29, 0.717) is 13.1 Å². The van der Waals surface area contributed by atoms with Crippen LogP contribution in [0.15, 0.2) is 42.6 Å². The molecular formula is C18H23FN4O. The fraction of sp³-hybridized carbons (Fsp3) is 0.333. The molecule has 0 unspecified atom stereocenters. The fourth-order valence-electron chi connectivity index (χ4n) is 2.43. The van der Waals surface area contributed by atoms with Crippen molar-refractivity contribution in [3.8, 4) is 0 Å². The molecule has 2 rings (SSSR count). The van der Waals surface area contributed by atoms with Gasteiger partial charge in [0.05, 0.1) is 0 Å². The van der Waals surface area contributed by atoms with Gasteiger partial charge in [0.2, 0.25) is 5.91 Å². The Balaban J connectivity index is 1.88. The second-order valence-electron chi connectivity index (χ2n) is 5.85. The number of amides is 1. The third-order valence-corrected chi connectivity index (χ3v) is 3.60. The normalized spacial score (nSPS) is 12.0. The summed E-state index contributed by atoms with van der Waals surface area (Å²) in [7, 11) is 3.64. The fourth-order valence-corrected chi connectivity index (χ4v) is 2.43. The molecule has 0 aliphatic rings. The van der Waals surface area contributed by atoms with E-state index >= 15 is 0 Å². The number of carbonyl (C=O) groups excluding carboxylic acids is 1. The molecule has 0 bridgehead atoms. The number of halogens is 1. The highest BCUT2D eigenvalue weighted by Crippen LogP contribution is 2.18. The summed E-state index contributed by atoms with van der Waals surface area (Å²) in [4.78, 5) is 18.5. The van der Waals surface area contributed by atoms with Crippen LogP contribution in [0.25, 0.3) is 0 Å². The highest BCUT2D eigenvalue weighted by Gasteiger charge is 2.22. The zero-order valence-electron chi connectivity index (χ0n) is 14.2. The summed E-state index contributed by atoms with van der Waals surface area (Å²) >= 11 is 0. The van der Waals surface area contributed by atoms with Crippen LogP contribution in [-0.2, 0) is 4.79 Å². The number of likely N-dealkylation sites (N-methyl/N-ethyl adjacent to an activating group) is 1. The lowest BCUT2D eigenvalue weighted by Gasteiger charge is -2.24. The van der Waals surface area contributed by atoms with Gasteiger partial charge in [-0.3, -0.25) is 9.69 Å². The number of anilines is 1. The summed E-state index contributed by atoms with van der Waals surface area (Å²) in [5.74, 6) is 0.351. The molecule has 0 aliphatic carbocycles. The van der Waals surface area contributed by atoms with Gasteiger partial charge in [-0.05, 0) is 56.4 Å². The summed E-state index contributed by atoms with van der Waals surface area (Å²) in [5, 5.41) is 6.06. The number of hydrogen-bond donors (Lipinski definition) is 2. The van der Waals surface area contributed by atoms with Crippen LogP contribution in [0.3, 0.4) is 0 Å². The Hall–Kier alpha value is -2.47. The lowest BCUT2D eigenvalue weighted by atomic mass is 10.1. The van der Waals surface area contributed by atoms with Gasteiger partial charge >= 0.3 is 0 Å². The van der Waals surface area contributed by atoms with Crippen molar-refractivity contribution in [1.82, 2.24) is 15.2 Å². The molecule has 0 spiro atoms. The molecule has 0 aliphatic heterocycles. The number of benzene rings is 1. The van der Waals surface area contributed by atoms with Gasteiger partial charge in [-0.15, -0.1) is 0 Å². The Morgan fingerprint density at radius 3 is 2.54 bits per heavy atom. The van der Waals surface area contributed by atoms with E-state index in [1.54, 1.807) is 23.2 Å². The van der Waals surface area contributed by atoms with Crippen LogP contribution in [0.5, 0.6) is 0 Å². The summed E-state index contributed by atoms with van der Waals surface area (Å²) in [6.07, 6.45) is 1.74. The van der Waals surface area contributed by atoms with E-state index in [1.807, 2.05) is 33.2 Å². The van der Waals surface area contributed by atoms with Gasteiger partial charge in [0.15, 0.2) is 0 Å². The van der Waals surface area contributed by atoms with Crippen LogP contribution in [0.4, 0.5) is 10.2 Å². The van der Waals surface area contributed by atoms with Gasteiger partial charge in [0.25, 0.3) is 0 Å². The van der Waals surface area contributed by atoms with E-state index in [4.69, 9.17) is 0 Å². The molecule has 0 radical (unpaired) electrons. The lowest BCUT2D eigenvalue weighted by Crippen LogP contribution is -2.39. The van der Waals surface area contributed by atoms with E-state index in [0.717, 1.165) is 16.9 Å². The number of nitrogens with one attached hydrogen (secondary N) is 2. The van der Waals surface area contributed by atoms with E-state index in [-0.39, 0.29) is 11.7 Å². The Morgan fingerprint density at radius 2 is 1.92 bits per heavy atom. The Morgan fingerprint density at radius 1 is 1.21 bits per heavy atom. The monoisotopic (exact) mass is 330 g/mol. The van der Waals surface area contributed by atoms with Crippen molar-refractivity contribution in [2.45, 2.75) is 13.0 Å². The molecule has 6 heteroatoms. The predicted octanol–water partition coefficient (Wildman–Crippen LogP) is 2.36. The van der Waals surface area contributed by atoms with Crippen molar-refractivity contribution in [3.63, 3.8) is 0 Å². The molecule has 0 saturated heterocycles. The molecule has 2 aromatic rings. The first-order valence-electron chi connectivity index (χ1n) is 7.83. The minimum atomic E-state index is -0.456. The molecular weight excluding hydrogens is 307 g/mol. The minimum absolute atomic E-state index is 0.120. The molecule has 1 heterocycles. The number of aryl methyl sites for hydroxylation is 1. The Kier molecular flexibility index (Phi) is 6.26. The molecule has 24 heavy (non-hydrogen) atoms.